The maximum Gasteiger partial charge on any atom is 0.320 e. The van der Waals surface area contributed by atoms with E-state index in [1.54, 1.807) is 24.3 Å². The van der Waals surface area contributed by atoms with Gasteiger partial charge in [0.25, 0.3) is 5.79 Å². The standard InChI is InChI=1S/C9H6O2.C6H8O4/c10-8-5-9(11)7-4-2-1-3-6(7)8;1-6(2)9-4(7)3-5(8)10-6/h1-4H,5H2;3H2,1-2H3. The number of cyclic esters (lactones) is 2. The van der Waals surface area contributed by atoms with E-state index in [1.807, 2.05) is 0 Å². The Kier molecular flexibility index (Phi) is 3.88. The Bertz CT molecular complexity index is 578. The van der Waals surface area contributed by atoms with Crippen LogP contribution < -0.4 is 0 Å². The van der Waals surface area contributed by atoms with E-state index in [4.69, 9.17) is 0 Å². The van der Waals surface area contributed by atoms with E-state index in [9.17, 15) is 19.2 Å². The van der Waals surface area contributed by atoms with Gasteiger partial charge in [0.1, 0.15) is 6.42 Å². The van der Waals surface area contributed by atoms with Crippen LogP contribution in [0.3, 0.4) is 0 Å². The highest BCUT2D eigenvalue weighted by Crippen LogP contribution is 2.20. The van der Waals surface area contributed by atoms with Crippen LogP contribution in [-0.2, 0) is 19.1 Å². The summed E-state index contributed by atoms with van der Waals surface area (Å²) in [5.41, 5.74) is 1.16. The smallest absolute Gasteiger partial charge is 0.320 e. The second-order valence-electron chi connectivity index (χ2n) is 5.09. The molecule has 0 unspecified atom stereocenters. The summed E-state index contributed by atoms with van der Waals surface area (Å²) in [7, 11) is 0. The van der Waals surface area contributed by atoms with E-state index >= 15 is 0 Å². The molecule has 21 heavy (non-hydrogen) atoms. The zero-order chi connectivity index (χ0) is 15.6. The van der Waals surface area contributed by atoms with Gasteiger partial charge >= 0.3 is 11.9 Å². The van der Waals surface area contributed by atoms with Crippen LogP contribution in [0.2, 0.25) is 0 Å². The van der Waals surface area contributed by atoms with E-state index in [2.05, 4.69) is 9.47 Å². The largest absolute Gasteiger partial charge is 0.423 e. The van der Waals surface area contributed by atoms with Gasteiger partial charge in [0.15, 0.2) is 11.6 Å². The fourth-order valence-electron chi connectivity index (χ4n) is 2.06. The van der Waals surface area contributed by atoms with Gasteiger partial charge in [-0.1, -0.05) is 24.3 Å². The molecule has 0 aromatic heterocycles. The minimum Gasteiger partial charge on any atom is -0.423 e. The average molecular weight is 290 g/mol. The average Bonchev–Trinajstić information content (AvgIpc) is 2.63. The van der Waals surface area contributed by atoms with Crippen molar-refractivity contribution in [2.24, 2.45) is 0 Å². The minimum atomic E-state index is -1.08. The third kappa shape index (κ3) is 3.53. The van der Waals surface area contributed by atoms with Gasteiger partial charge in [-0.2, -0.15) is 0 Å². The molecule has 110 valence electrons. The number of benzene rings is 1. The molecule has 1 saturated heterocycles. The Morgan fingerprint density at radius 3 is 1.62 bits per heavy atom. The van der Waals surface area contributed by atoms with E-state index in [-0.39, 0.29) is 24.4 Å². The molecule has 1 aromatic rings. The normalized spacial score (nSPS) is 19.1. The quantitative estimate of drug-likeness (QED) is 0.533. The molecule has 3 rings (SSSR count). The summed E-state index contributed by atoms with van der Waals surface area (Å²) in [6.45, 7) is 3.03. The van der Waals surface area contributed by atoms with Gasteiger partial charge in [-0.25, -0.2) is 0 Å². The van der Waals surface area contributed by atoms with Crippen LogP contribution >= 0.6 is 0 Å². The SMILES string of the molecule is CC1(C)OC(=O)CC(=O)O1.O=C1CC(=O)c2ccccc21. The number of hydrogen-bond acceptors (Lipinski definition) is 6. The Labute approximate surface area is 121 Å². The molecule has 0 spiro atoms. The zero-order valence-electron chi connectivity index (χ0n) is 11.7. The van der Waals surface area contributed by atoms with E-state index in [0.29, 0.717) is 11.1 Å². The van der Waals surface area contributed by atoms with Crippen molar-refractivity contribution in [3.8, 4) is 0 Å². The summed E-state index contributed by atoms with van der Waals surface area (Å²) in [5.74, 6) is -2.23. The van der Waals surface area contributed by atoms with E-state index in [1.165, 1.54) is 13.8 Å². The Morgan fingerprint density at radius 2 is 1.24 bits per heavy atom. The second-order valence-corrected chi connectivity index (χ2v) is 5.09. The summed E-state index contributed by atoms with van der Waals surface area (Å²) < 4.78 is 9.32. The van der Waals surface area contributed by atoms with Crippen molar-refractivity contribution in [1.82, 2.24) is 0 Å². The molecule has 1 aromatic carbocycles. The van der Waals surface area contributed by atoms with Gasteiger partial charge in [-0.05, 0) is 0 Å². The highest BCUT2D eigenvalue weighted by atomic mass is 16.7. The molecule has 0 atom stereocenters. The number of rotatable bonds is 0. The first-order chi connectivity index (χ1) is 9.78. The predicted octanol–water partition coefficient (Wildman–Crippen LogP) is 1.67. The highest BCUT2D eigenvalue weighted by molar-refractivity contribution is 6.24. The molecule has 1 aliphatic heterocycles. The van der Waals surface area contributed by atoms with Crippen molar-refractivity contribution in [3.05, 3.63) is 35.4 Å². The van der Waals surface area contributed by atoms with Crippen molar-refractivity contribution >= 4 is 23.5 Å². The Balaban J connectivity index is 0.000000155. The lowest BCUT2D eigenvalue weighted by molar-refractivity contribution is -0.231. The fraction of sp³-hybridized carbons (Fsp3) is 0.333. The zero-order valence-corrected chi connectivity index (χ0v) is 11.7. The molecule has 1 aliphatic carbocycles. The first kappa shape index (κ1) is 14.9. The number of fused-ring (bicyclic) bond motifs is 1. The predicted molar refractivity (Wildman–Crippen MR) is 70.6 cm³/mol. The van der Waals surface area contributed by atoms with Crippen LogP contribution in [0, 0.1) is 0 Å². The first-order valence-corrected chi connectivity index (χ1v) is 6.37. The van der Waals surface area contributed by atoms with Gasteiger partial charge in [0.2, 0.25) is 0 Å². The fourth-order valence-corrected chi connectivity index (χ4v) is 2.06. The number of ether oxygens (including phenoxy) is 2. The van der Waals surface area contributed by atoms with Crippen molar-refractivity contribution in [2.45, 2.75) is 32.5 Å². The summed E-state index contributed by atoms with van der Waals surface area (Å²) in [4.78, 5) is 43.2. The van der Waals surface area contributed by atoms with Crippen molar-refractivity contribution in [1.29, 1.82) is 0 Å². The van der Waals surface area contributed by atoms with Gasteiger partial charge < -0.3 is 9.47 Å². The molecule has 0 saturated carbocycles. The second kappa shape index (κ2) is 5.47. The molecule has 6 heteroatoms. The molecule has 0 bridgehead atoms. The lowest BCUT2D eigenvalue weighted by Gasteiger charge is -2.28. The van der Waals surface area contributed by atoms with Crippen LogP contribution in [0.25, 0.3) is 0 Å². The summed E-state index contributed by atoms with van der Waals surface area (Å²) in [6, 6.07) is 6.94. The molecular formula is C15H14O6. The third-order valence-electron chi connectivity index (χ3n) is 2.86. The Hall–Kier alpha value is -2.50. The lowest BCUT2D eigenvalue weighted by Crippen LogP contribution is -2.39. The molecule has 1 heterocycles. The highest BCUT2D eigenvalue weighted by Gasteiger charge is 2.34. The van der Waals surface area contributed by atoms with E-state index < -0.39 is 17.7 Å². The molecule has 0 N–H and O–H groups in total. The van der Waals surface area contributed by atoms with Gasteiger partial charge in [-0.15, -0.1) is 0 Å². The third-order valence-corrected chi connectivity index (χ3v) is 2.86. The number of carbonyl (C=O) groups is 4. The molecule has 0 radical (unpaired) electrons. The molecular weight excluding hydrogens is 276 g/mol. The van der Waals surface area contributed by atoms with Crippen LogP contribution in [0.4, 0.5) is 0 Å². The van der Waals surface area contributed by atoms with Crippen molar-refractivity contribution in [3.63, 3.8) is 0 Å². The first-order valence-electron chi connectivity index (χ1n) is 6.37. The Morgan fingerprint density at radius 1 is 0.810 bits per heavy atom. The monoisotopic (exact) mass is 290 g/mol. The number of esters is 2. The van der Waals surface area contributed by atoms with E-state index in [0.717, 1.165) is 0 Å². The molecule has 2 aliphatic rings. The lowest BCUT2D eigenvalue weighted by atomic mass is 10.1. The number of ketones is 2. The van der Waals surface area contributed by atoms with Crippen molar-refractivity contribution < 1.29 is 28.7 Å². The van der Waals surface area contributed by atoms with Gasteiger partial charge in [-0.3, -0.25) is 19.2 Å². The van der Waals surface area contributed by atoms with Crippen molar-refractivity contribution in [2.75, 3.05) is 0 Å². The van der Waals surface area contributed by atoms with Crippen LogP contribution in [0.1, 0.15) is 47.4 Å². The summed E-state index contributed by atoms with van der Waals surface area (Å²) >= 11 is 0. The topological polar surface area (TPSA) is 86.7 Å². The van der Waals surface area contributed by atoms with Gasteiger partial charge in [0.05, 0.1) is 6.42 Å². The summed E-state index contributed by atoms with van der Waals surface area (Å²) in [6.07, 6.45) is -0.219. The molecule has 1 fully saturated rings. The van der Waals surface area contributed by atoms with Crippen LogP contribution in [0.15, 0.2) is 24.3 Å². The molecule has 6 nitrogen and oxygen atoms in total. The maximum atomic E-state index is 11.1. The van der Waals surface area contributed by atoms with Crippen LogP contribution in [-0.4, -0.2) is 29.3 Å². The number of carbonyl (C=O) groups excluding carboxylic acids is 4. The molecule has 0 amide bonds. The number of Topliss-reactive ketones (excluding diaryl/α,β-unsaturated/α-hetero) is 2. The summed E-state index contributed by atoms with van der Waals surface area (Å²) in [5, 5.41) is 0. The maximum absolute atomic E-state index is 11.1. The van der Waals surface area contributed by atoms with Gasteiger partial charge in [0, 0.05) is 25.0 Å². The van der Waals surface area contributed by atoms with Crippen LogP contribution in [0.5, 0.6) is 0 Å². The minimum absolute atomic E-state index is 0.0504. The number of hydrogen-bond donors (Lipinski definition) is 0.